The summed E-state index contributed by atoms with van der Waals surface area (Å²) in [7, 11) is 1.61. The van der Waals surface area contributed by atoms with Crippen LogP contribution in [0.3, 0.4) is 0 Å². The molecule has 1 N–H and O–H groups in total. The molecule has 1 amide bonds. The quantitative estimate of drug-likeness (QED) is 0.877. The molecule has 6 nitrogen and oxygen atoms in total. The van der Waals surface area contributed by atoms with Crippen LogP contribution in [0.15, 0.2) is 36.7 Å². The van der Waals surface area contributed by atoms with E-state index < -0.39 is 0 Å². The van der Waals surface area contributed by atoms with E-state index in [-0.39, 0.29) is 11.6 Å². The Hall–Kier alpha value is -2.63. The van der Waals surface area contributed by atoms with Crippen LogP contribution in [0.5, 0.6) is 11.6 Å². The third kappa shape index (κ3) is 4.17. The third-order valence-corrected chi connectivity index (χ3v) is 2.75. The first kappa shape index (κ1) is 14.8. The lowest BCUT2D eigenvalue weighted by Gasteiger charge is -2.07. The average molecular weight is 287 g/mol. The second kappa shape index (κ2) is 7.23. The van der Waals surface area contributed by atoms with Gasteiger partial charge in [0.2, 0.25) is 5.88 Å². The van der Waals surface area contributed by atoms with Gasteiger partial charge in [-0.1, -0.05) is 12.1 Å². The van der Waals surface area contributed by atoms with Crippen LogP contribution in [-0.4, -0.2) is 29.6 Å². The van der Waals surface area contributed by atoms with Gasteiger partial charge in [0.05, 0.1) is 13.7 Å². The van der Waals surface area contributed by atoms with Crippen LogP contribution >= 0.6 is 0 Å². The van der Waals surface area contributed by atoms with Crippen molar-refractivity contribution in [3.8, 4) is 11.6 Å². The van der Waals surface area contributed by atoms with Crippen molar-refractivity contribution in [1.29, 1.82) is 0 Å². The fourth-order valence-electron chi connectivity index (χ4n) is 1.75. The van der Waals surface area contributed by atoms with Crippen molar-refractivity contribution >= 4 is 5.91 Å². The van der Waals surface area contributed by atoms with Crippen molar-refractivity contribution < 1.29 is 14.3 Å². The molecule has 0 saturated carbocycles. The number of hydrogen-bond donors (Lipinski definition) is 1. The van der Waals surface area contributed by atoms with Crippen LogP contribution in [0.2, 0.25) is 0 Å². The van der Waals surface area contributed by atoms with Gasteiger partial charge in [-0.2, -0.15) is 0 Å². The molecule has 0 aliphatic carbocycles. The summed E-state index contributed by atoms with van der Waals surface area (Å²) in [6.07, 6.45) is 1.31. The zero-order valence-electron chi connectivity index (χ0n) is 12.0. The molecule has 6 heteroatoms. The predicted octanol–water partition coefficient (Wildman–Crippen LogP) is 1.81. The standard InChI is InChI=1S/C15H17N3O3/c1-3-21-14-8-13(17-10-18-14)15(19)16-9-11-5-4-6-12(7-11)20-2/h4-8,10H,3,9H2,1-2H3,(H,16,19). The van der Waals surface area contributed by atoms with Gasteiger partial charge in [-0.3, -0.25) is 4.79 Å². The molecule has 0 aliphatic heterocycles. The van der Waals surface area contributed by atoms with Gasteiger partial charge in [-0.25, -0.2) is 9.97 Å². The zero-order valence-corrected chi connectivity index (χ0v) is 12.0. The Morgan fingerprint density at radius 2 is 2.14 bits per heavy atom. The minimum atomic E-state index is -0.277. The van der Waals surface area contributed by atoms with Gasteiger partial charge in [0.1, 0.15) is 17.8 Å². The highest BCUT2D eigenvalue weighted by Crippen LogP contribution is 2.12. The van der Waals surface area contributed by atoms with Gasteiger partial charge in [-0.15, -0.1) is 0 Å². The molecule has 0 unspecified atom stereocenters. The molecule has 0 atom stereocenters. The maximum atomic E-state index is 12.0. The minimum absolute atomic E-state index is 0.274. The zero-order chi connectivity index (χ0) is 15.1. The normalized spacial score (nSPS) is 10.0. The van der Waals surface area contributed by atoms with Crippen LogP contribution in [-0.2, 0) is 6.54 Å². The average Bonchev–Trinajstić information content (AvgIpc) is 2.53. The summed E-state index contributed by atoms with van der Waals surface area (Å²) in [5, 5.41) is 2.80. The second-order valence-corrected chi connectivity index (χ2v) is 4.21. The smallest absolute Gasteiger partial charge is 0.270 e. The van der Waals surface area contributed by atoms with E-state index in [2.05, 4.69) is 15.3 Å². The molecule has 0 fully saturated rings. The second-order valence-electron chi connectivity index (χ2n) is 4.21. The van der Waals surface area contributed by atoms with Crippen molar-refractivity contribution in [3.63, 3.8) is 0 Å². The van der Waals surface area contributed by atoms with E-state index in [1.165, 1.54) is 12.4 Å². The van der Waals surface area contributed by atoms with Crippen molar-refractivity contribution in [2.45, 2.75) is 13.5 Å². The Bertz CT molecular complexity index is 617. The molecule has 0 saturated heterocycles. The van der Waals surface area contributed by atoms with Crippen molar-refractivity contribution in [1.82, 2.24) is 15.3 Å². The van der Waals surface area contributed by atoms with Crippen LogP contribution < -0.4 is 14.8 Å². The van der Waals surface area contributed by atoms with Crippen LogP contribution in [0.1, 0.15) is 23.0 Å². The molecule has 0 bridgehead atoms. The van der Waals surface area contributed by atoms with E-state index in [9.17, 15) is 4.79 Å². The molecule has 0 spiro atoms. The Morgan fingerprint density at radius 1 is 1.29 bits per heavy atom. The number of nitrogens with zero attached hydrogens (tertiary/aromatic N) is 2. The van der Waals surface area contributed by atoms with Crippen molar-refractivity contribution in [2.24, 2.45) is 0 Å². The number of amides is 1. The molecule has 2 rings (SSSR count). The first-order valence-electron chi connectivity index (χ1n) is 6.59. The van der Waals surface area contributed by atoms with Crippen LogP contribution in [0.4, 0.5) is 0 Å². The summed E-state index contributed by atoms with van der Waals surface area (Å²) in [5.74, 6) is 0.864. The number of hydrogen-bond acceptors (Lipinski definition) is 5. The van der Waals surface area contributed by atoms with E-state index in [1.807, 2.05) is 31.2 Å². The number of carbonyl (C=O) groups is 1. The largest absolute Gasteiger partial charge is 0.497 e. The lowest BCUT2D eigenvalue weighted by atomic mass is 10.2. The first-order chi connectivity index (χ1) is 10.2. The summed E-state index contributed by atoms with van der Waals surface area (Å²) in [6, 6.07) is 9.02. The van der Waals surface area contributed by atoms with Crippen LogP contribution in [0, 0.1) is 0 Å². The maximum absolute atomic E-state index is 12.0. The van der Waals surface area contributed by atoms with Crippen LogP contribution in [0.25, 0.3) is 0 Å². The molecule has 2 aromatic rings. The maximum Gasteiger partial charge on any atom is 0.270 e. The minimum Gasteiger partial charge on any atom is -0.497 e. The highest BCUT2D eigenvalue weighted by Gasteiger charge is 2.09. The molecular formula is C15H17N3O3. The van der Waals surface area contributed by atoms with Gasteiger partial charge in [0, 0.05) is 12.6 Å². The topological polar surface area (TPSA) is 73.3 Å². The molecule has 1 heterocycles. The summed E-state index contributed by atoms with van der Waals surface area (Å²) < 4.78 is 10.4. The number of rotatable bonds is 6. The molecule has 110 valence electrons. The van der Waals surface area contributed by atoms with Crippen molar-refractivity contribution in [3.05, 3.63) is 47.9 Å². The fourth-order valence-corrected chi connectivity index (χ4v) is 1.75. The summed E-state index contributed by atoms with van der Waals surface area (Å²) in [5.41, 5.74) is 1.22. The third-order valence-electron chi connectivity index (χ3n) is 2.75. The SMILES string of the molecule is CCOc1cc(C(=O)NCc2cccc(OC)c2)ncn1. The van der Waals surface area contributed by atoms with E-state index >= 15 is 0 Å². The highest BCUT2D eigenvalue weighted by atomic mass is 16.5. The Morgan fingerprint density at radius 3 is 2.90 bits per heavy atom. The Balaban J connectivity index is 1.99. The highest BCUT2D eigenvalue weighted by molar-refractivity contribution is 5.92. The Kier molecular flexibility index (Phi) is 5.09. The van der Waals surface area contributed by atoms with E-state index in [0.717, 1.165) is 11.3 Å². The lowest BCUT2D eigenvalue weighted by Crippen LogP contribution is -2.24. The van der Waals surface area contributed by atoms with E-state index in [4.69, 9.17) is 9.47 Å². The van der Waals surface area contributed by atoms with Crippen molar-refractivity contribution in [2.75, 3.05) is 13.7 Å². The summed E-state index contributed by atoms with van der Waals surface area (Å²) >= 11 is 0. The molecule has 1 aromatic heterocycles. The summed E-state index contributed by atoms with van der Waals surface area (Å²) in [4.78, 5) is 19.9. The van der Waals surface area contributed by atoms with Gasteiger partial charge in [0.25, 0.3) is 5.91 Å². The van der Waals surface area contributed by atoms with E-state index in [1.54, 1.807) is 7.11 Å². The molecule has 0 radical (unpaired) electrons. The summed E-state index contributed by atoms with van der Waals surface area (Å²) in [6.45, 7) is 2.73. The number of nitrogens with one attached hydrogen (secondary N) is 1. The monoisotopic (exact) mass is 287 g/mol. The number of methoxy groups -OCH3 is 1. The number of aromatic nitrogens is 2. The van der Waals surface area contributed by atoms with Gasteiger partial charge in [-0.05, 0) is 24.6 Å². The molecule has 0 aliphatic rings. The molecule has 21 heavy (non-hydrogen) atoms. The molecule has 1 aromatic carbocycles. The van der Waals surface area contributed by atoms with E-state index in [0.29, 0.717) is 19.0 Å². The Labute approximate surface area is 123 Å². The number of ether oxygens (including phenoxy) is 2. The van der Waals surface area contributed by atoms with Gasteiger partial charge >= 0.3 is 0 Å². The number of carbonyl (C=O) groups excluding carboxylic acids is 1. The van der Waals surface area contributed by atoms with Gasteiger partial charge < -0.3 is 14.8 Å². The molecular weight excluding hydrogens is 270 g/mol. The first-order valence-corrected chi connectivity index (χ1v) is 6.59. The number of benzene rings is 1. The fraction of sp³-hybridized carbons (Fsp3) is 0.267. The van der Waals surface area contributed by atoms with Gasteiger partial charge in [0.15, 0.2) is 0 Å². The predicted molar refractivity (Wildman–Crippen MR) is 77.4 cm³/mol. The lowest BCUT2D eigenvalue weighted by molar-refractivity contribution is 0.0945.